The zero-order valence-corrected chi connectivity index (χ0v) is 18.7. The first-order valence-electron chi connectivity index (χ1n) is 11.1. The first-order chi connectivity index (χ1) is 16.4. The van der Waals surface area contributed by atoms with Crippen LogP contribution in [0.5, 0.6) is 0 Å². The van der Waals surface area contributed by atoms with Gasteiger partial charge >= 0.3 is 6.03 Å². The molecule has 5 amide bonds. The molecule has 0 bridgehead atoms. The number of nitrogens with zero attached hydrogens (tertiary/aromatic N) is 3. The van der Waals surface area contributed by atoms with Crippen molar-refractivity contribution in [2.45, 2.75) is 12.5 Å². The number of fused-ring (bicyclic) bond motifs is 1. The van der Waals surface area contributed by atoms with Crippen LogP contribution < -0.4 is 5.32 Å². The molecule has 1 N–H and O–H groups in total. The van der Waals surface area contributed by atoms with E-state index in [9.17, 15) is 19.2 Å². The lowest BCUT2D eigenvalue weighted by atomic mass is 9.90. The number of urea groups is 1. The van der Waals surface area contributed by atoms with Crippen LogP contribution in [0.25, 0.3) is 10.8 Å². The number of benzene rings is 2. The van der Waals surface area contributed by atoms with Gasteiger partial charge in [0.1, 0.15) is 12.1 Å². The van der Waals surface area contributed by atoms with Gasteiger partial charge in [-0.05, 0) is 41.5 Å². The molecule has 3 aromatic rings. The predicted molar refractivity (Wildman–Crippen MR) is 123 cm³/mol. The molecular formula is C25H24N4O5. The third-order valence-corrected chi connectivity index (χ3v) is 6.55. The van der Waals surface area contributed by atoms with Gasteiger partial charge in [0, 0.05) is 26.2 Å². The van der Waals surface area contributed by atoms with Gasteiger partial charge in [-0.2, -0.15) is 0 Å². The predicted octanol–water partition coefficient (Wildman–Crippen LogP) is 2.18. The zero-order valence-electron chi connectivity index (χ0n) is 18.7. The third kappa shape index (κ3) is 3.68. The number of amides is 5. The molecule has 34 heavy (non-hydrogen) atoms. The molecular weight excluding hydrogens is 436 g/mol. The molecule has 1 aromatic heterocycles. The molecule has 0 unspecified atom stereocenters. The Hall–Kier alpha value is -4.14. The number of imide groups is 1. The summed E-state index contributed by atoms with van der Waals surface area (Å²) in [5.41, 5.74) is -0.597. The van der Waals surface area contributed by atoms with E-state index in [1.165, 1.54) is 6.26 Å². The summed E-state index contributed by atoms with van der Waals surface area (Å²) >= 11 is 0. The summed E-state index contributed by atoms with van der Waals surface area (Å²) in [4.78, 5) is 55.4. The van der Waals surface area contributed by atoms with Crippen LogP contribution in [-0.4, -0.2) is 71.2 Å². The summed E-state index contributed by atoms with van der Waals surface area (Å²) in [6.07, 6.45) is 1.44. The number of furan rings is 1. The standard InChI is InChI=1S/C25H24N4O5/c1-25(19-9-8-17-5-2-3-6-18(17)15-19)23(32)29(24(33)26-25)16-21(30)27-10-12-28(13-11-27)22(31)20-7-4-14-34-20/h2-9,14-15H,10-13,16H2,1H3,(H,26,33)/t25-/m1/s1. The molecule has 3 heterocycles. The maximum Gasteiger partial charge on any atom is 0.325 e. The lowest BCUT2D eigenvalue weighted by molar-refractivity contribution is -0.139. The second-order valence-electron chi connectivity index (χ2n) is 8.66. The smallest absolute Gasteiger partial charge is 0.325 e. The Morgan fingerprint density at radius 3 is 2.35 bits per heavy atom. The van der Waals surface area contributed by atoms with Crippen molar-refractivity contribution in [3.8, 4) is 0 Å². The Bertz CT molecular complexity index is 1280. The number of piperazine rings is 1. The molecule has 2 saturated heterocycles. The Labute approximate surface area is 195 Å². The van der Waals surface area contributed by atoms with Gasteiger partial charge in [-0.15, -0.1) is 0 Å². The van der Waals surface area contributed by atoms with E-state index in [2.05, 4.69) is 5.32 Å². The van der Waals surface area contributed by atoms with Crippen molar-refractivity contribution in [2.75, 3.05) is 32.7 Å². The van der Waals surface area contributed by atoms with E-state index < -0.39 is 17.5 Å². The number of carbonyl (C=O) groups excluding carboxylic acids is 4. The van der Waals surface area contributed by atoms with Crippen LogP contribution >= 0.6 is 0 Å². The monoisotopic (exact) mass is 460 g/mol. The maximum absolute atomic E-state index is 13.3. The van der Waals surface area contributed by atoms with E-state index in [4.69, 9.17) is 4.42 Å². The van der Waals surface area contributed by atoms with Crippen LogP contribution in [0, 0.1) is 0 Å². The van der Waals surface area contributed by atoms with Crippen molar-refractivity contribution < 1.29 is 23.6 Å². The third-order valence-electron chi connectivity index (χ3n) is 6.55. The SMILES string of the molecule is C[C@]1(c2ccc3ccccc3c2)NC(=O)N(CC(=O)N2CCN(C(=O)c3ccco3)CC2)C1=O. The molecule has 0 aliphatic carbocycles. The molecule has 2 aliphatic rings. The van der Waals surface area contributed by atoms with Crippen molar-refractivity contribution in [3.63, 3.8) is 0 Å². The van der Waals surface area contributed by atoms with Crippen LogP contribution in [0.4, 0.5) is 4.79 Å². The van der Waals surface area contributed by atoms with Crippen molar-refractivity contribution in [2.24, 2.45) is 0 Å². The van der Waals surface area contributed by atoms with Gasteiger partial charge in [-0.25, -0.2) is 4.79 Å². The fourth-order valence-electron chi connectivity index (χ4n) is 4.49. The molecule has 1 atom stereocenters. The molecule has 174 valence electrons. The minimum absolute atomic E-state index is 0.225. The van der Waals surface area contributed by atoms with E-state index in [0.29, 0.717) is 31.7 Å². The molecule has 2 fully saturated rings. The Morgan fingerprint density at radius 2 is 1.65 bits per heavy atom. The van der Waals surface area contributed by atoms with Crippen molar-refractivity contribution in [3.05, 3.63) is 72.2 Å². The van der Waals surface area contributed by atoms with Crippen LogP contribution in [0.15, 0.2) is 65.3 Å². The highest BCUT2D eigenvalue weighted by atomic mass is 16.3. The second kappa shape index (κ2) is 8.33. The van der Waals surface area contributed by atoms with Gasteiger partial charge in [0.2, 0.25) is 5.91 Å². The fraction of sp³-hybridized carbons (Fsp3) is 0.280. The lowest BCUT2D eigenvalue weighted by Gasteiger charge is -2.34. The number of hydrogen-bond acceptors (Lipinski definition) is 5. The van der Waals surface area contributed by atoms with Gasteiger partial charge in [0.15, 0.2) is 5.76 Å². The number of hydrogen-bond donors (Lipinski definition) is 1. The fourth-order valence-corrected chi connectivity index (χ4v) is 4.49. The molecule has 0 saturated carbocycles. The van der Waals surface area contributed by atoms with Crippen LogP contribution in [-0.2, 0) is 15.1 Å². The average molecular weight is 460 g/mol. The molecule has 2 aliphatic heterocycles. The number of carbonyl (C=O) groups is 4. The van der Waals surface area contributed by atoms with Crippen molar-refractivity contribution in [1.82, 2.24) is 20.0 Å². The van der Waals surface area contributed by atoms with E-state index in [1.54, 1.807) is 28.9 Å². The molecule has 9 heteroatoms. The minimum Gasteiger partial charge on any atom is -0.459 e. The Kier molecular flexibility index (Phi) is 5.31. The summed E-state index contributed by atoms with van der Waals surface area (Å²) in [6.45, 7) is 2.63. The summed E-state index contributed by atoms with van der Waals surface area (Å²) in [5.74, 6) is -0.770. The van der Waals surface area contributed by atoms with Gasteiger partial charge in [0.25, 0.3) is 11.8 Å². The minimum atomic E-state index is -1.25. The number of nitrogens with one attached hydrogen (secondary N) is 1. The summed E-state index contributed by atoms with van der Waals surface area (Å²) in [7, 11) is 0. The van der Waals surface area contributed by atoms with Crippen LogP contribution in [0.3, 0.4) is 0 Å². The van der Waals surface area contributed by atoms with Crippen molar-refractivity contribution >= 4 is 34.5 Å². The average Bonchev–Trinajstić information content (AvgIpc) is 3.47. The normalized spacial score (nSPS) is 20.7. The summed E-state index contributed by atoms with van der Waals surface area (Å²) in [6, 6.07) is 16.0. The van der Waals surface area contributed by atoms with E-state index in [1.807, 2.05) is 42.5 Å². The quantitative estimate of drug-likeness (QED) is 0.601. The lowest BCUT2D eigenvalue weighted by Crippen LogP contribution is -2.53. The summed E-state index contributed by atoms with van der Waals surface area (Å²) in [5, 5.41) is 4.75. The van der Waals surface area contributed by atoms with Gasteiger partial charge in [-0.3, -0.25) is 19.3 Å². The van der Waals surface area contributed by atoms with Gasteiger partial charge < -0.3 is 19.5 Å². The molecule has 0 spiro atoms. The highest BCUT2D eigenvalue weighted by Gasteiger charge is 2.49. The van der Waals surface area contributed by atoms with Crippen LogP contribution in [0.2, 0.25) is 0 Å². The largest absolute Gasteiger partial charge is 0.459 e. The van der Waals surface area contributed by atoms with E-state index >= 15 is 0 Å². The van der Waals surface area contributed by atoms with E-state index in [-0.39, 0.29) is 24.1 Å². The Balaban J connectivity index is 1.25. The number of rotatable bonds is 4. The van der Waals surface area contributed by atoms with E-state index in [0.717, 1.165) is 15.7 Å². The van der Waals surface area contributed by atoms with Gasteiger partial charge in [0.05, 0.1) is 6.26 Å². The molecule has 9 nitrogen and oxygen atoms in total. The summed E-state index contributed by atoms with van der Waals surface area (Å²) < 4.78 is 5.15. The second-order valence-corrected chi connectivity index (χ2v) is 8.66. The topological polar surface area (TPSA) is 103 Å². The molecule has 5 rings (SSSR count). The van der Waals surface area contributed by atoms with Crippen LogP contribution in [0.1, 0.15) is 23.0 Å². The highest BCUT2D eigenvalue weighted by Crippen LogP contribution is 2.31. The van der Waals surface area contributed by atoms with Gasteiger partial charge in [-0.1, -0.05) is 36.4 Å². The maximum atomic E-state index is 13.3. The highest BCUT2D eigenvalue weighted by molar-refractivity contribution is 6.09. The Morgan fingerprint density at radius 1 is 0.941 bits per heavy atom. The first kappa shape index (κ1) is 21.7. The van der Waals surface area contributed by atoms with Crippen molar-refractivity contribution in [1.29, 1.82) is 0 Å². The first-order valence-corrected chi connectivity index (χ1v) is 11.1. The molecule has 0 radical (unpaired) electrons. The molecule has 2 aromatic carbocycles. The zero-order chi connectivity index (χ0) is 23.9.